The average molecular weight is 375 g/mol. The van der Waals surface area contributed by atoms with Crippen molar-refractivity contribution in [3.05, 3.63) is 60.2 Å². The van der Waals surface area contributed by atoms with Gasteiger partial charge in [0.05, 0.1) is 10.8 Å². The number of hydrogen-bond acceptors (Lipinski definition) is 3. The minimum absolute atomic E-state index is 0.134. The highest BCUT2D eigenvalue weighted by molar-refractivity contribution is 7.89. The highest BCUT2D eigenvalue weighted by Crippen LogP contribution is 2.29. The number of sulfonamides is 1. The van der Waals surface area contributed by atoms with Crippen LogP contribution >= 0.6 is 0 Å². The molecular weight excluding hydrogens is 348 g/mol. The van der Waals surface area contributed by atoms with E-state index in [0.717, 1.165) is 16.3 Å². The van der Waals surface area contributed by atoms with Crippen LogP contribution in [0.3, 0.4) is 0 Å². The molecule has 0 unspecified atom stereocenters. The summed E-state index contributed by atoms with van der Waals surface area (Å²) in [6.45, 7) is 4.10. The Hall–Kier alpha value is -2.18. The van der Waals surface area contributed by atoms with Crippen LogP contribution < -0.4 is 5.32 Å². The van der Waals surface area contributed by atoms with Gasteiger partial charge in [0.25, 0.3) is 0 Å². The largest absolute Gasteiger partial charge is 0.326 e. The molecule has 0 aliphatic rings. The topological polar surface area (TPSA) is 66.5 Å². The number of amides is 1. The van der Waals surface area contributed by atoms with Gasteiger partial charge in [-0.1, -0.05) is 56.7 Å². The molecule has 0 bridgehead atoms. The second kappa shape index (κ2) is 8.47. The van der Waals surface area contributed by atoms with Gasteiger partial charge in [0, 0.05) is 19.8 Å². The average Bonchev–Trinajstić information content (AvgIpc) is 2.62. The Kier molecular flexibility index (Phi) is 6.56. The van der Waals surface area contributed by atoms with Crippen molar-refractivity contribution in [2.75, 3.05) is 19.4 Å². The minimum Gasteiger partial charge on any atom is -0.326 e. The Morgan fingerprint density at radius 1 is 1.08 bits per heavy atom. The first-order chi connectivity index (χ1) is 12.3. The number of nitrogens with one attached hydrogen (secondary N) is 1. The molecule has 2 aromatic rings. The normalized spacial score (nSPS) is 14.0. The van der Waals surface area contributed by atoms with Crippen molar-refractivity contribution >= 4 is 21.6 Å². The third-order valence-corrected chi connectivity index (χ3v) is 6.35. The van der Waals surface area contributed by atoms with Gasteiger partial charge in [0.1, 0.15) is 0 Å². The summed E-state index contributed by atoms with van der Waals surface area (Å²) < 4.78 is 25.7. The molecule has 0 radical (unpaired) electrons. The number of rotatable bonds is 7. The number of nitrogens with zero attached hydrogens (tertiary/aromatic N) is 1. The Morgan fingerprint density at radius 2 is 1.73 bits per heavy atom. The molecule has 0 heterocycles. The molecule has 5 nitrogen and oxygen atoms in total. The maximum Gasteiger partial charge on any atom is 0.242 e. The van der Waals surface area contributed by atoms with Gasteiger partial charge in [-0.3, -0.25) is 4.79 Å². The second-order valence-electron chi connectivity index (χ2n) is 6.58. The first kappa shape index (κ1) is 20.1. The van der Waals surface area contributed by atoms with E-state index in [-0.39, 0.29) is 22.6 Å². The summed E-state index contributed by atoms with van der Waals surface area (Å²) >= 11 is 0. The van der Waals surface area contributed by atoms with E-state index < -0.39 is 10.0 Å². The van der Waals surface area contributed by atoms with Gasteiger partial charge in [-0.25, -0.2) is 12.7 Å². The van der Waals surface area contributed by atoms with E-state index in [1.165, 1.54) is 26.2 Å². The van der Waals surface area contributed by atoms with Crippen LogP contribution in [-0.4, -0.2) is 32.7 Å². The van der Waals surface area contributed by atoms with Crippen LogP contribution in [0.1, 0.15) is 31.7 Å². The molecule has 6 heteroatoms. The van der Waals surface area contributed by atoms with E-state index in [2.05, 4.69) is 12.2 Å². The van der Waals surface area contributed by atoms with Gasteiger partial charge in [0.15, 0.2) is 0 Å². The van der Waals surface area contributed by atoms with E-state index in [1.54, 1.807) is 12.1 Å². The maximum atomic E-state index is 12.9. The number of anilines is 1. The van der Waals surface area contributed by atoms with Crippen LogP contribution in [0.5, 0.6) is 0 Å². The van der Waals surface area contributed by atoms with E-state index in [0.29, 0.717) is 5.69 Å². The molecule has 0 aliphatic carbocycles. The fourth-order valence-electron chi connectivity index (χ4n) is 2.80. The smallest absolute Gasteiger partial charge is 0.242 e. The van der Waals surface area contributed by atoms with E-state index in [9.17, 15) is 13.2 Å². The van der Waals surface area contributed by atoms with Crippen LogP contribution in [0, 0.1) is 5.92 Å². The lowest BCUT2D eigenvalue weighted by Crippen LogP contribution is -2.26. The van der Waals surface area contributed by atoms with Crippen LogP contribution in [0.4, 0.5) is 5.69 Å². The Balaban J connectivity index is 2.30. The van der Waals surface area contributed by atoms with Crippen LogP contribution in [0.15, 0.2) is 59.5 Å². The Labute approximate surface area is 156 Å². The molecule has 2 rings (SSSR count). The number of hydrogen-bond donors (Lipinski definition) is 1. The lowest BCUT2D eigenvalue weighted by molar-refractivity contribution is -0.118. The summed E-state index contributed by atoms with van der Waals surface area (Å²) in [6.07, 6.45) is 0.863. The molecule has 0 spiro atoms. The molecule has 2 aromatic carbocycles. The lowest BCUT2D eigenvalue weighted by atomic mass is 9.85. The summed E-state index contributed by atoms with van der Waals surface area (Å²) in [7, 11) is -0.584. The second-order valence-corrected chi connectivity index (χ2v) is 8.73. The first-order valence-corrected chi connectivity index (χ1v) is 10.1. The van der Waals surface area contributed by atoms with Gasteiger partial charge < -0.3 is 5.32 Å². The SMILES string of the molecule is CC[C@H](C)[C@@H](C(=O)Nc1cccc(S(=O)(=O)N(C)C)c1)c1ccccc1. The predicted octanol–water partition coefficient (Wildman–Crippen LogP) is 3.71. The molecule has 1 N–H and O–H groups in total. The maximum absolute atomic E-state index is 12.9. The summed E-state index contributed by atoms with van der Waals surface area (Å²) in [5, 5.41) is 2.89. The summed E-state index contributed by atoms with van der Waals surface area (Å²) in [6, 6.07) is 16.0. The minimum atomic E-state index is -3.55. The van der Waals surface area contributed by atoms with E-state index in [4.69, 9.17) is 0 Å². The van der Waals surface area contributed by atoms with Crippen molar-refractivity contribution in [2.24, 2.45) is 5.92 Å². The van der Waals surface area contributed by atoms with Crippen LogP contribution in [0.25, 0.3) is 0 Å². The zero-order chi connectivity index (χ0) is 19.3. The molecule has 0 aromatic heterocycles. The van der Waals surface area contributed by atoms with Gasteiger partial charge >= 0.3 is 0 Å². The van der Waals surface area contributed by atoms with Gasteiger partial charge in [0.2, 0.25) is 15.9 Å². The molecule has 26 heavy (non-hydrogen) atoms. The molecule has 2 atom stereocenters. The summed E-state index contributed by atoms with van der Waals surface area (Å²) in [5.41, 5.74) is 1.43. The molecular formula is C20H26N2O3S. The van der Waals surface area contributed by atoms with Gasteiger partial charge in [-0.15, -0.1) is 0 Å². The van der Waals surface area contributed by atoms with Crippen LogP contribution in [-0.2, 0) is 14.8 Å². The van der Waals surface area contributed by atoms with Gasteiger partial charge in [-0.2, -0.15) is 0 Å². The van der Waals surface area contributed by atoms with E-state index in [1.807, 2.05) is 37.3 Å². The standard InChI is InChI=1S/C20H26N2O3S/c1-5-15(2)19(16-10-7-6-8-11-16)20(23)21-17-12-9-13-18(14-17)26(24,25)22(3)4/h6-15,19H,5H2,1-4H3,(H,21,23)/t15-,19+/m0/s1. The monoisotopic (exact) mass is 374 g/mol. The first-order valence-electron chi connectivity index (χ1n) is 8.65. The Bertz CT molecular complexity index is 848. The quantitative estimate of drug-likeness (QED) is 0.803. The van der Waals surface area contributed by atoms with Crippen LogP contribution in [0.2, 0.25) is 0 Å². The van der Waals surface area contributed by atoms with Crippen molar-refractivity contribution < 1.29 is 13.2 Å². The highest BCUT2D eigenvalue weighted by atomic mass is 32.2. The fraction of sp³-hybridized carbons (Fsp3) is 0.350. The third-order valence-electron chi connectivity index (χ3n) is 4.53. The zero-order valence-electron chi connectivity index (χ0n) is 15.6. The number of benzene rings is 2. The predicted molar refractivity (Wildman–Crippen MR) is 105 cm³/mol. The molecule has 140 valence electrons. The fourth-order valence-corrected chi connectivity index (χ4v) is 3.75. The molecule has 0 aliphatic heterocycles. The summed E-state index contributed by atoms with van der Waals surface area (Å²) in [5.74, 6) is -0.272. The third kappa shape index (κ3) is 4.51. The number of carbonyl (C=O) groups is 1. The molecule has 0 fully saturated rings. The molecule has 0 saturated heterocycles. The van der Waals surface area contributed by atoms with E-state index >= 15 is 0 Å². The van der Waals surface area contributed by atoms with Crippen molar-refractivity contribution in [2.45, 2.75) is 31.1 Å². The molecule has 0 saturated carbocycles. The van der Waals surface area contributed by atoms with Crippen molar-refractivity contribution in [3.8, 4) is 0 Å². The Morgan fingerprint density at radius 3 is 2.31 bits per heavy atom. The highest BCUT2D eigenvalue weighted by Gasteiger charge is 2.26. The summed E-state index contributed by atoms with van der Waals surface area (Å²) in [4.78, 5) is 13.1. The zero-order valence-corrected chi connectivity index (χ0v) is 16.5. The number of carbonyl (C=O) groups excluding carboxylic acids is 1. The lowest BCUT2D eigenvalue weighted by Gasteiger charge is -2.23. The molecule has 1 amide bonds. The van der Waals surface area contributed by atoms with Gasteiger partial charge in [-0.05, 0) is 29.7 Å². The van der Waals surface area contributed by atoms with Crippen molar-refractivity contribution in [1.82, 2.24) is 4.31 Å². The van der Waals surface area contributed by atoms with Crippen molar-refractivity contribution in [3.63, 3.8) is 0 Å². The van der Waals surface area contributed by atoms with Crippen molar-refractivity contribution in [1.29, 1.82) is 0 Å².